The molecule has 1 saturated carbocycles. The van der Waals surface area contributed by atoms with Crippen LogP contribution in [0.5, 0.6) is 0 Å². The molecule has 12 nitrogen and oxygen atoms in total. The fourth-order valence-electron chi connectivity index (χ4n) is 10.5. The molecule has 0 aromatic rings. The molecule has 3 N–H and O–H groups in total. The van der Waals surface area contributed by atoms with Crippen LogP contribution in [0.15, 0.2) is 24.3 Å². The number of nitrogens with zero attached hydrogens (tertiary/aromatic N) is 1. The molecule has 4 bridgehead atoms. The van der Waals surface area contributed by atoms with Gasteiger partial charge in [0.2, 0.25) is 5.79 Å². The minimum absolute atomic E-state index is 0.0564. The number of rotatable bonds is 6. The van der Waals surface area contributed by atoms with Crippen molar-refractivity contribution >= 4 is 17.7 Å². The Morgan fingerprint density at radius 1 is 0.911 bits per heavy atom. The van der Waals surface area contributed by atoms with Crippen molar-refractivity contribution in [3.63, 3.8) is 0 Å². The van der Waals surface area contributed by atoms with Gasteiger partial charge in [-0.2, -0.15) is 0 Å². The molecule has 0 aromatic carbocycles. The van der Waals surface area contributed by atoms with Crippen molar-refractivity contribution < 1.29 is 53.4 Å². The first-order valence-corrected chi connectivity index (χ1v) is 21.3. The Morgan fingerprint density at radius 3 is 2.25 bits per heavy atom. The lowest BCUT2D eigenvalue weighted by atomic mass is 9.78. The van der Waals surface area contributed by atoms with E-state index in [1.54, 1.807) is 27.2 Å². The first-order valence-electron chi connectivity index (χ1n) is 21.3. The van der Waals surface area contributed by atoms with Crippen LogP contribution in [0, 0.1) is 41.4 Å². The van der Waals surface area contributed by atoms with Crippen molar-refractivity contribution in [2.45, 2.75) is 179 Å². The topological polar surface area (TPSA) is 161 Å². The molecular formula is C44H71NO11. The van der Waals surface area contributed by atoms with Crippen molar-refractivity contribution in [2.75, 3.05) is 14.2 Å². The molecule has 0 spiro atoms. The summed E-state index contributed by atoms with van der Waals surface area (Å²) in [5.41, 5.74) is 0.758. The van der Waals surface area contributed by atoms with Gasteiger partial charge in [-0.1, -0.05) is 46.8 Å². The number of amides is 1. The summed E-state index contributed by atoms with van der Waals surface area (Å²) in [6.07, 6.45) is 4.20. The van der Waals surface area contributed by atoms with Crippen LogP contribution in [0.2, 0.25) is 0 Å². The van der Waals surface area contributed by atoms with Crippen LogP contribution in [0.1, 0.15) is 119 Å². The van der Waals surface area contributed by atoms with E-state index in [0.29, 0.717) is 51.4 Å². The molecule has 0 aromatic heterocycles. The second kappa shape index (κ2) is 19.3. The zero-order chi connectivity index (χ0) is 41.1. The van der Waals surface area contributed by atoms with Crippen LogP contribution in [-0.2, 0) is 38.1 Å². The first kappa shape index (κ1) is 44.9. The number of hydrogen-bond donors (Lipinski definition) is 3. The van der Waals surface area contributed by atoms with E-state index in [2.05, 4.69) is 26.5 Å². The molecule has 1 aliphatic carbocycles. The predicted molar refractivity (Wildman–Crippen MR) is 210 cm³/mol. The molecule has 56 heavy (non-hydrogen) atoms. The minimum atomic E-state index is -2.02. The van der Waals surface area contributed by atoms with Gasteiger partial charge < -0.3 is 43.9 Å². The Hall–Kier alpha value is -2.19. The van der Waals surface area contributed by atoms with Crippen molar-refractivity contribution in [1.82, 2.24) is 4.90 Å². The summed E-state index contributed by atoms with van der Waals surface area (Å²) >= 11 is 0. The highest BCUT2D eigenvalue weighted by molar-refractivity contribution is 5.89. The number of methoxy groups -OCH3 is 2. The predicted octanol–water partition coefficient (Wildman–Crippen LogP) is 5.50. The molecule has 4 aliphatic heterocycles. The van der Waals surface area contributed by atoms with Gasteiger partial charge in [-0.3, -0.25) is 9.59 Å². The van der Waals surface area contributed by atoms with Crippen LogP contribution in [-0.4, -0.2) is 113 Å². The van der Waals surface area contributed by atoms with Crippen LogP contribution in [0.4, 0.5) is 0 Å². The molecule has 0 radical (unpaired) electrons. The lowest BCUT2D eigenvalue weighted by molar-refractivity contribution is -0.349. The van der Waals surface area contributed by atoms with Gasteiger partial charge in [0.15, 0.2) is 6.10 Å². The summed E-state index contributed by atoms with van der Waals surface area (Å²) in [7, 11) is 3.22. The number of carbonyl (C=O) groups is 3. The van der Waals surface area contributed by atoms with E-state index >= 15 is 0 Å². The lowest BCUT2D eigenvalue weighted by Crippen LogP contribution is -2.64. The third-order valence-electron chi connectivity index (χ3n) is 13.8. The summed E-state index contributed by atoms with van der Waals surface area (Å²) in [6, 6.07) is -0.984. The number of esters is 1. The van der Waals surface area contributed by atoms with Crippen LogP contribution in [0.3, 0.4) is 0 Å². The molecule has 12 heteroatoms. The number of allylic oxidation sites excluding steroid dienone is 2. The van der Waals surface area contributed by atoms with Crippen LogP contribution >= 0.6 is 0 Å². The number of fused-ring (bicyclic) bond motifs is 4. The third kappa shape index (κ3) is 9.80. The quantitative estimate of drug-likeness (QED) is 0.231. The van der Waals surface area contributed by atoms with E-state index in [0.717, 1.165) is 24.8 Å². The van der Waals surface area contributed by atoms with Gasteiger partial charge >= 0.3 is 5.97 Å². The summed E-state index contributed by atoms with van der Waals surface area (Å²) in [5.74, 6) is -4.18. The Balaban J connectivity index is 1.52. The molecule has 5 fully saturated rings. The SMILES string of the molecule is C=CCC1CC(C)CC(C)CC(OC)C2OC(O)(C(C)CC2OC)C2OC3CCCC(C(=O)OC(/C(C)=C/C4CCC(O)C(C)C4)C(C)C(O)CC1=O)N3C2=O. The van der Waals surface area contributed by atoms with Crippen LogP contribution in [0.25, 0.3) is 0 Å². The average Bonchev–Trinajstić information content (AvgIpc) is 3.51. The lowest BCUT2D eigenvalue weighted by Gasteiger charge is -2.48. The molecule has 1 amide bonds. The molecular weight excluding hydrogens is 718 g/mol. The molecule has 5 rings (SSSR count). The molecule has 4 heterocycles. The van der Waals surface area contributed by atoms with Gasteiger partial charge in [0.05, 0.1) is 24.4 Å². The molecule has 318 valence electrons. The number of aliphatic hydroxyl groups excluding tert-OH is 2. The van der Waals surface area contributed by atoms with Crippen molar-refractivity contribution in [1.29, 1.82) is 0 Å². The Kier molecular flexibility index (Phi) is 15.4. The van der Waals surface area contributed by atoms with Crippen molar-refractivity contribution in [3.8, 4) is 0 Å². The summed E-state index contributed by atoms with van der Waals surface area (Å²) in [6.45, 7) is 15.7. The number of ketones is 1. The molecule has 5 aliphatic rings. The maximum atomic E-state index is 14.5. The van der Waals surface area contributed by atoms with E-state index in [9.17, 15) is 29.7 Å². The second-order valence-corrected chi connectivity index (χ2v) is 18.3. The maximum absolute atomic E-state index is 14.5. The minimum Gasteiger partial charge on any atom is -0.456 e. The van der Waals surface area contributed by atoms with Crippen molar-refractivity contribution in [3.05, 3.63) is 24.3 Å². The monoisotopic (exact) mass is 790 g/mol. The number of piperidine rings is 1. The number of ether oxygens (including phenoxy) is 5. The fraction of sp³-hybridized carbons (Fsp3) is 0.841. The average molecular weight is 790 g/mol. The van der Waals surface area contributed by atoms with Crippen LogP contribution < -0.4 is 0 Å². The zero-order valence-electron chi connectivity index (χ0n) is 35.1. The highest BCUT2D eigenvalue weighted by Gasteiger charge is 2.62. The van der Waals surface area contributed by atoms with Gasteiger partial charge in [-0.05, 0) is 107 Å². The van der Waals surface area contributed by atoms with Gasteiger partial charge in [-0.25, -0.2) is 4.79 Å². The summed E-state index contributed by atoms with van der Waals surface area (Å²) in [4.78, 5) is 44.2. The van der Waals surface area contributed by atoms with Gasteiger partial charge in [0.1, 0.15) is 30.3 Å². The molecule has 4 saturated heterocycles. The first-order chi connectivity index (χ1) is 26.5. The summed E-state index contributed by atoms with van der Waals surface area (Å²) < 4.78 is 31.3. The second-order valence-electron chi connectivity index (χ2n) is 18.3. The number of hydrogen-bond acceptors (Lipinski definition) is 11. The van der Waals surface area contributed by atoms with Gasteiger partial charge in [0, 0.05) is 38.4 Å². The van der Waals surface area contributed by atoms with E-state index in [-0.39, 0.29) is 47.9 Å². The third-order valence-corrected chi connectivity index (χ3v) is 13.8. The standard InChI is InChI=1S/C44H71NO11/c1-10-12-31-18-24(2)17-25(3)19-36(52-8)40-37(53-9)22-28(6)44(51,56-40)41-42(49)45-32(13-11-14-38(45)54-41)43(50)55-39(29(7)34(47)23-35(31)48)27(5)21-30-15-16-33(46)26(4)20-30/h10,21,24-26,28-34,36-41,46-47,51H,1,11-20,22-23H2,2-9H3/b27-21+. The molecule has 17 unspecified atom stereocenters. The Bertz CT molecular complexity index is 1400. The zero-order valence-corrected chi connectivity index (χ0v) is 35.1. The largest absolute Gasteiger partial charge is 0.456 e. The molecule has 17 atom stereocenters. The van der Waals surface area contributed by atoms with E-state index < -0.39 is 78.4 Å². The fourth-order valence-corrected chi connectivity index (χ4v) is 10.5. The normalized spacial score (nSPS) is 45.2. The number of carbonyl (C=O) groups excluding carboxylic acids is 3. The highest BCUT2D eigenvalue weighted by atomic mass is 16.7. The van der Waals surface area contributed by atoms with Gasteiger partial charge in [0.25, 0.3) is 5.91 Å². The Labute approximate surface area is 334 Å². The van der Waals surface area contributed by atoms with Crippen molar-refractivity contribution in [2.24, 2.45) is 41.4 Å². The summed E-state index contributed by atoms with van der Waals surface area (Å²) in [5, 5.41) is 34.5. The van der Waals surface area contributed by atoms with E-state index in [4.69, 9.17) is 23.7 Å². The Morgan fingerprint density at radius 2 is 1.59 bits per heavy atom. The number of aliphatic hydroxyl groups is 3. The van der Waals surface area contributed by atoms with E-state index in [1.165, 1.54) is 4.90 Å². The maximum Gasteiger partial charge on any atom is 0.329 e. The number of cyclic esters (lactones) is 1. The smallest absolute Gasteiger partial charge is 0.329 e. The van der Waals surface area contributed by atoms with Gasteiger partial charge in [-0.15, -0.1) is 6.58 Å². The highest BCUT2D eigenvalue weighted by Crippen LogP contribution is 2.45. The number of Topliss-reactive ketones (excluding diaryl/α,β-unsaturated/α-hetero) is 1. The van der Waals surface area contributed by atoms with E-state index in [1.807, 2.05) is 20.8 Å².